The summed E-state index contributed by atoms with van der Waals surface area (Å²) < 4.78 is 52.6. The monoisotopic (exact) mass is 326 g/mol. The molecule has 1 aromatic carbocycles. The van der Waals surface area contributed by atoms with Crippen molar-refractivity contribution in [3.05, 3.63) is 35.8 Å². The van der Waals surface area contributed by atoms with Crippen molar-refractivity contribution in [2.45, 2.75) is 37.9 Å². The van der Waals surface area contributed by atoms with Crippen LogP contribution in [0.3, 0.4) is 0 Å². The number of alkyl halides is 3. The van der Waals surface area contributed by atoms with Crippen LogP contribution in [0.15, 0.2) is 24.4 Å². The molecule has 23 heavy (non-hydrogen) atoms. The smallest absolute Gasteiger partial charge is 0.367 e. The highest BCUT2D eigenvalue weighted by Crippen LogP contribution is 2.36. The molecule has 1 aromatic heterocycles. The standard InChI is InChI=1S/C16H14F4N2O/c17-10-5-9-8-21-15(22-11-1-3-12(23)4-2-11)7-13(9)14(6-10)16(18,19)20/h5-8,11H,1-4H2,(H,21,22). The van der Waals surface area contributed by atoms with Crippen LogP contribution >= 0.6 is 0 Å². The maximum Gasteiger partial charge on any atom is 0.417 e. The maximum absolute atomic E-state index is 13.4. The summed E-state index contributed by atoms with van der Waals surface area (Å²) >= 11 is 0. The highest BCUT2D eigenvalue weighted by molar-refractivity contribution is 5.87. The Labute approximate surface area is 129 Å². The third-order valence-corrected chi connectivity index (χ3v) is 4.00. The molecular formula is C16H14F4N2O. The second-order valence-corrected chi connectivity index (χ2v) is 5.70. The molecule has 1 aliphatic rings. The second-order valence-electron chi connectivity index (χ2n) is 5.70. The summed E-state index contributed by atoms with van der Waals surface area (Å²) in [4.78, 5) is 15.3. The van der Waals surface area contributed by atoms with E-state index < -0.39 is 17.6 Å². The number of hydrogen-bond acceptors (Lipinski definition) is 3. The number of carbonyl (C=O) groups is 1. The molecule has 0 amide bonds. The number of ketones is 1. The molecule has 7 heteroatoms. The normalized spacial score (nSPS) is 16.8. The van der Waals surface area contributed by atoms with Gasteiger partial charge in [0.2, 0.25) is 0 Å². The van der Waals surface area contributed by atoms with Gasteiger partial charge < -0.3 is 5.32 Å². The molecule has 0 radical (unpaired) electrons. The average molecular weight is 326 g/mol. The van der Waals surface area contributed by atoms with Gasteiger partial charge in [-0.15, -0.1) is 0 Å². The predicted octanol–water partition coefficient (Wildman–Crippen LogP) is 4.32. The summed E-state index contributed by atoms with van der Waals surface area (Å²) in [5, 5.41) is 3.07. The third kappa shape index (κ3) is 3.43. The molecule has 3 nitrogen and oxygen atoms in total. The number of hydrogen-bond donors (Lipinski definition) is 1. The molecule has 0 spiro atoms. The Morgan fingerprint density at radius 3 is 2.48 bits per heavy atom. The fourth-order valence-corrected chi connectivity index (χ4v) is 2.83. The Morgan fingerprint density at radius 1 is 1.13 bits per heavy atom. The van der Waals surface area contributed by atoms with Gasteiger partial charge in [-0.25, -0.2) is 9.37 Å². The first-order valence-electron chi connectivity index (χ1n) is 7.27. The molecule has 3 rings (SSSR count). The molecule has 1 aliphatic carbocycles. The van der Waals surface area contributed by atoms with Crippen LogP contribution in [0.1, 0.15) is 31.2 Å². The van der Waals surface area contributed by atoms with Crippen LogP contribution in [0.4, 0.5) is 23.4 Å². The SMILES string of the molecule is O=C1CCC(Nc2cc3c(C(F)(F)F)cc(F)cc3cn2)CC1. The number of fused-ring (bicyclic) bond motifs is 1. The second kappa shape index (κ2) is 5.79. The quantitative estimate of drug-likeness (QED) is 0.836. The van der Waals surface area contributed by atoms with Gasteiger partial charge in [0.15, 0.2) is 0 Å². The Morgan fingerprint density at radius 2 is 1.83 bits per heavy atom. The number of nitrogens with zero attached hydrogens (tertiary/aromatic N) is 1. The minimum absolute atomic E-state index is 0.00688. The highest BCUT2D eigenvalue weighted by atomic mass is 19.4. The van der Waals surface area contributed by atoms with Crippen LogP contribution in [-0.4, -0.2) is 16.8 Å². The third-order valence-electron chi connectivity index (χ3n) is 4.00. The Balaban J connectivity index is 1.94. The Bertz CT molecular complexity index is 748. The fraction of sp³-hybridized carbons (Fsp3) is 0.375. The average Bonchev–Trinajstić information content (AvgIpc) is 2.48. The molecule has 2 aromatic rings. The number of benzene rings is 1. The number of pyridine rings is 1. The lowest BCUT2D eigenvalue weighted by molar-refractivity contribution is -0.136. The van der Waals surface area contributed by atoms with Crippen LogP contribution in [0.5, 0.6) is 0 Å². The van der Waals surface area contributed by atoms with Gasteiger partial charge >= 0.3 is 6.18 Å². The zero-order valence-corrected chi connectivity index (χ0v) is 12.1. The van der Waals surface area contributed by atoms with Crippen LogP contribution in [0.25, 0.3) is 10.8 Å². The predicted molar refractivity (Wildman–Crippen MR) is 77.6 cm³/mol. The molecule has 1 N–H and O–H groups in total. The first kappa shape index (κ1) is 15.7. The minimum Gasteiger partial charge on any atom is -0.367 e. The Kier molecular flexibility index (Phi) is 3.95. The molecule has 0 unspecified atom stereocenters. The summed E-state index contributed by atoms with van der Waals surface area (Å²) in [5.41, 5.74) is -1.02. The lowest BCUT2D eigenvalue weighted by atomic mass is 9.94. The molecule has 1 heterocycles. The Hall–Kier alpha value is -2.18. The van der Waals surface area contributed by atoms with Gasteiger partial charge in [0.05, 0.1) is 5.56 Å². The first-order valence-corrected chi connectivity index (χ1v) is 7.27. The molecule has 0 atom stereocenters. The van der Waals surface area contributed by atoms with Crippen molar-refractivity contribution in [2.24, 2.45) is 0 Å². The summed E-state index contributed by atoms with van der Waals surface area (Å²) in [6, 6.07) is 2.81. The zero-order valence-electron chi connectivity index (χ0n) is 12.1. The van der Waals surface area contributed by atoms with Gasteiger partial charge in [0, 0.05) is 30.5 Å². The lowest BCUT2D eigenvalue weighted by Gasteiger charge is -2.23. The van der Waals surface area contributed by atoms with E-state index in [-0.39, 0.29) is 22.6 Å². The van der Waals surface area contributed by atoms with Crippen molar-refractivity contribution >= 4 is 22.4 Å². The summed E-state index contributed by atoms with van der Waals surface area (Å²) in [5.74, 6) is -0.448. The van der Waals surface area contributed by atoms with Gasteiger partial charge in [-0.05, 0) is 36.4 Å². The van der Waals surface area contributed by atoms with Crippen molar-refractivity contribution in [2.75, 3.05) is 5.32 Å². The van der Waals surface area contributed by atoms with E-state index in [0.29, 0.717) is 37.6 Å². The van der Waals surface area contributed by atoms with Gasteiger partial charge in [-0.1, -0.05) is 0 Å². The highest BCUT2D eigenvalue weighted by Gasteiger charge is 2.33. The van der Waals surface area contributed by atoms with Crippen molar-refractivity contribution in [1.82, 2.24) is 4.98 Å². The van der Waals surface area contributed by atoms with E-state index in [4.69, 9.17) is 0 Å². The van der Waals surface area contributed by atoms with E-state index in [0.717, 1.165) is 6.07 Å². The number of anilines is 1. The van der Waals surface area contributed by atoms with Crippen molar-refractivity contribution < 1.29 is 22.4 Å². The number of rotatable bonds is 2. The van der Waals surface area contributed by atoms with E-state index in [9.17, 15) is 22.4 Å². The number of halogens is 4. The van der Waals surface area contributed by atoms with E-state index >= 15 is 0 Å². The van der Waals surface area contributed by atoms with Gasteiger partial charge in [-0.2, -0.15) is 13.2 Å². The first-order chi connectivity index (χ1) is 10.8. The van der Waals surface area contributed by atoms with E-state index in [1.165, 1.54) is 12.3 Å². The molecule has 1 saturated carbocycles. The minimum atomic E-state index is -4.64. The van der Waals surface area contributed by atoms with Gasteiger partial charge in [0.1, 0.15) is 17.4 Å². The molecule has 0 bridgehead atoms. The summed E-state index contributed by atoms with van der Waals surface area (Å²) in [6.45, 7) is 0. The number of Topliss-reactive ketones (excluding diaryl/α,β-unsaturated/α-hetero) is 1. The maximum atomic E-state index is 13.4. The molecule has 0 saturated heterocycles. The van der Waals surface area contributed by atoms with Crippen LogP contribution < -0.4 is 5.32 Å². The van der Waals surface area contributed by atoms with Crippen LogP contribution in [0, 0.1) is 5.82 Å². The zero-order chi connectivity index (χ0) is 16.6. The lowest BCUT2D eigenvalue weighted by Crippen LogP contribution is -2.26. The number of carbonyl (C=O) groups excluding carboxylic acids is 1. The number of aromatic nitrogens is 1. The fourth-order valence-electron chi connectivity index (χ4n) is 2.83. The molecular weight excluding hydrogens is 312 g/mol. The number of nitrogens with one attached hydrogen (secondary N) is 1. The largest absolute Gasteiger partial charge is 0.417 e. The van der Waals surface area contributed by atoms with Crippen LogP contribution in [-0.2, 0) is 11.0 Å². The van der Waals surface area contributed by atoms with Crippen molar-refractivity contribution in [3.63, 3.8) is 0 Å². The van der Waals surface area contributed by atoms with E-state index in [1.807, 2.05) is 0 Å². The van der Waals surface area contributed by atoms with Crippen molar-refractivity contribution in [3.8, 4) is 0 Å². The van der Waals surface area contributed by atoms with Gasteiger partial charge in [0.25, 0.3) is 0 Å². The molecule has 1 fully saturated rings. The van der Waals surface area contributed by atoms with E-state index in [1.54, 1.807) is 0 Å². The van der Waals surface area contributed by atoms with Crippen LogP contribution in [0.2, 0.25) is 0 Å². The topological polar surface area (TPSA) is 42.0 Å². The molecule has 122 valence electrons. The summed E-state index contributed by atoms with van der Waals surface area (Å²) in [6.07, 6.45) is -1.23. The van der Waals surface area contributed by atoms with Crippen molar-refractivity contribution in [1.29, 1.82) is 0 Å². The molecule has 0 aliphatic heterocycles. The van der Waals surface area contributed by atoms with E-state index in [2.05, 4.69) is 10.3 Å². The summed E-state index contributed by atoms with van der Waals surface area (Å²) in [7, 11) is 0. The van der Waals surface area contributed by atoms with Gasteiger partial charge in [-0.3, -0.25) is 4.79 Å².